The summed E-state index contributed by atoms with van der Waals surface area (Å²) in [4.78, 5) is 34.3. The third-order valence-corrected chi connectivity index (χ3v) is 5.37. The largest absolute Gasteiger partial charge is 0.406 e. The van der Waals surface area contributed by atoms with Crippen LogP contribution in [0.1, 0.15) is 22.1 Å². The highest BCUT2D eigenvalue weighted by Gasteiger charge is 2.37. The van der Waals surface area contributed by atoms with Crippen LogP contribution in [0.3, 0.4) is 0 Å². The number of anilines is 1. The number of hydrogen-bond acceptors (Lipinski definition) is 6. The Labute approximate surface area is 189 Å². The van der Waals surface area contributed by atoms with Crippen molar-refractivity contribution in [1.82, 2.24) is 29.5 Å². The number of hydrogen-bond donors (Lipinski definition) is 1. The van der Waals surface area contributed by atoms with Crippen molar-refractivity contribution >= 4 is 28.7 Å². The lowest BCUT2D eigenvalue weighted by molar-refractivity contribution is -0.158. The monoisotopic (exact) mass is 483 g/mol. The minimum atomic E-state index is -4.60. The van der Waals surface area contributed by atoms with Gasteiger partial charge in [-0.1, -0.05) is 0 Å². The van der Waals surface area contributed by atoms with Crippen molar-refractivity contribution in [2.75, 3.05) is 32.4 Å². The SMILES string of the molecule is CN(CC(F)(F)F)C(=O)Cn1nc(C2CN(C(=O)c3ccnc(N)n3)C2)c2c(F)cc(F)cc21. The van der Waals surface area contributed by atoms with Crippen molar-refractivity contribution in [3.05, 3.63) is 47.4 Å². The predicted molar refractivity (Wildman–Crippen MR) is 108 cm³/mol. The van der Waals surface area contributed by atoms with Crippen LogP contribution >= 0.6 is 0 Å². The molecule has 2 amide bonds. The van der Waals surface area contributed by atoms with Crippen molar-refractivity contribution in [3.8, 4) is 0 Å². The van der Waals surface area contributed by atoms with Gasteiger partial charge in [-0.3, -0.25) is 14.3 Å². The average Bonchev–Trinajstić information content (AvgIpc) is 3.03. The van der Waals surface area contributed by atoms with E-state index in [-0.39, 0.29) is 41.3 Å². The van der Waals surface area contributed by atoms with Crippen LogP contribution in [-0.2, 0) is 11.3 Å². The normalized spacial score (nSPS) is 14.4. The summed E-state index contributed by atoms with van der Waals surface area (Å²) in [6, 6.07) is 3.00. The first-order chi connectivity index (χ1) is 15.9. The number of amides is 2. The zero-order valence-electron chi connectivity index (χ0n) is 17.7. The zero-order valence-corrected chi connectivity index (χ0v) is 17.7. The summed E-state index contributed by atoms with van der Waals surface area (Å²) in [7, 11) is 0.971. The van der Waals surface area contributed by atoms with E-state index in [1.54, 1.807) is 0 Å². The number of carbonyl (C=O) groups is 2. The molecule has 0 spiro atoms. The molecule has 2 aromatic heterocycles. The molecule has 2 N–H and O–H groups in total. The summed E-state index contributed by atoms with van der Waals surface area (Å²) in [6.07, 6.45) is -3.27. The average molecular weight is 483 g/mol. The van der Waals surface area contributed by atoms with Gasteiger partial charge >= 0.3 is 6.18 Å². The molecule has 3 aromatic rings. The smallest absolute Gasteiger partial charge is 0.368 e. The molecular weight excluding hydrogens is 465 g/mol. The Bertz CT molecular complexity index is 1270. The number of carbonyl (C=O) groups excluding carboxylic acids is 2. The number of aromatic nitrogens is 4. The van der Waals surface area contributed by atoms with E-state index in [0.717, 1.165) is 17.8 Å². The number of halogens is 5. The second-order valence-corrected chi connectivity index (χ2v) is 7.90. The lowest BCUT2D eigenvalue weighted by Gasteiger charge is -2.38. The van der Waals surface area contributed by atoms with E-state index in [0.29, 0.717) is 11.0 Å². The van der Waals surface area contributed by atoms with Crippen molar-refractivity contribution in [1.29, 1.82) is 0 Å². The lowest BCUT2D eigenvalue weighted by atomic mass is 9.93. The molecule has 180 valence electrons. The topological polar surface area (TPSA) is 110 Å². The van der Waals surface area contributed by atoms with Crippen LogP contribution in [0.5, 0.6) is 0 Å². The highest BCUT2D eigenvalue weighted by atomic mass is 19.4. The van der Waals surface area contributed by atoms with Crippen LogP contribution in [0, 0.1) is 11.6 Å². The van der Waals surface area contributed by atoms with Gasteiger partial charge in [-0.2, -0.15) is 18.3 Å². The summed E-state index contributed by atoms with van der Waals surface area (Å²) in [5.74, 6) is -3.75. The molecule has 1 aliphatic heterocycles. The van der Waals surface area contributed by atoms with Crippen LogP contribution in [0.15, 0.2) is 24.4 Å². The summed E-state index contributed by atoms with van der Waals surface area (Å²) >= 11 is 0. The van der Waals surface area contributed by atoms with Crippen molar-refractivity contribution in [2.24, 2.45) is 0 Å². The molecule has 0 unspecified atom stereocenters. The van der Waals surface area contributed by atoms with Gasteiger partial charge in [-0.15, -0.1) is 0 Å². The zero-order chi connectivity index (χ0) is 24.8. The van der Waals surface area contributed by atoms with Gasteiger partial charge in [-0.25, -0.2) is 18.7 Å². The van der Waals surface area contributed by atoms with Crippen LogP contribution in [0.2, 0.25) is 0 Å². The summed E-state index contributed by atoms with van der Waals surface area (Å²) in [6.45, 7) is -1.86. The van der Waals surface area contributed by atoms with Crippen LogP contribution in [0.25, 0.3) is 10.9 Å². The van der Waals surface area contributed by atoms with Gasteiger partial charge in [0.1, 0.15) is 30.4 Å². The standard InChI is InChI=1S/C20H18F5N7O2/c1-30(9-20(23,24)25)15(33)8-32-14-5-11(21)4-12(22)16(14)17(29-32)10-6-31(7-10)18(34)13-2-3-27-19(26)28-13/h2-5,10H,6-9H2,1H3,(H2,26,27,28). The number of nitrogens with zero attached hydrogens (tertiary/aromatic N) is 6. The first-order valence-electron chi connectivity index (χ1n) is 9.97. The van der Waals surface area contributed by atoms with E-state index in [2.05, 4.69) is 15.1 Å². The fourth-order valence-corrected chi connectivity index (χ4v) is 3.74. The Balaban J connectivity index is 1.58. The molecule has 34 heavy (non-hydrogen) atoms. The molecule has 1 fully saturated rings. The number of nitrogen functional groups attached to an aromatic ring is 1. The highest BCUT2D eigenvalue weighted by molar-refractivity contribution is 5.93. The van der Waals surface area contributed by atoms with Gasteiger partial charge in [0.15, 0.2) is 0 Å². The van der Waals surface area contributed by atoms with Gasteiger partial charge < -0.3 is 15.5 Å². The molecule has 3 heterocycles. The third kappa shape index (κ3) is 4.61. The van der Waals surface area contributed by atoms with E-state index in [9.17, 15) is 31.5 Å². The van der Waals surface area contributed by atoms with E-state index in [4.69, 9.17) is 5.73 Å². The Morgan fingerprint density at radius 2 is 1.94 bits per heavy atom. The van der Waals surface area contributed by atoms with Crippen molar-refractivity contribution in [2.45, 2.75) is 18.6 Å². The van der Waals surface area contributed by atoms with Gasteiger partial charge in [-0.05, 0) is 6.07 Å². The predicted octanol–water partition coefficient (Wildman–Crippen LogP) is 1.95. The summed E-state index contributed by atoms with van der Waals surface area (Å²) < 4.78 is 67.4. The number of rotatable bonds is 5. The van der Waals surface area contributed by atoms with Crippen LogP contribution < -0.4 is 5.73 Å². The minimum absolute atomic E-state index is 0.0592. The van der Waals surface area contributed by atoms with Gasteiger partial charge in [0, 0.05) is 44.4 Å². The Hall–Kier alpha value is -3.84. The molecule has 0 atom stereocenters. The molecule has 1 aromatic carbocycles. The molecule has 14 heteroatoms. The van der Waals surface area contributed by atoms with Crippen LogP contribution in [0.4, 0.5) is 27.9 Å². The number of likely N-dealkylation sites (N-methyl/N-ethyl adjacent to an activating group) is 1. The minimum Gasteiger partial charge on any atom is -0.368 e. The second kappa shape index (κ2) is 8.50. The van der Waals surface area contributed by atoms with Gasteiger partial charge in [0.25, 0.3) is 5.91 Å². The number of likely N-dealkylation sites (tertiary alicyclic amines) is 1. The number of benzene rings is 1. The fraction of sp³-hybridized carbons (Fsp3) is 0.350. The molecule has 0 bridgehead atoms. The Morgan fingerprint density at radius 1 is 1.24 bits per heavy atom. The van der Waals surface area contributed by atoms with E-state index in [1.165, 1.54) is 17.2 Å². The molecular formula is C20H18F5N7O2. The molecule has 1 saturated heterocycles. The molecule has 0 saturated carbocycles. The van der Waals surface area contributed by atoms with Crippen molar-refractivity contribution in [3.63, 3.8) is 0 Å². The Kier molecular flexibility index (Phi) is 5.83. The number of alkyl halides is 3. The fourth-order valence-electron chi connectivity index (χ4n) is 3.74. The first kappa shape index (κ1) is 23.3. The quantitative estimate of drug-likeness (QED) is 0.556. The maximum absolute atomic E-state index is 14.7. The Morgan fingerprint density at radius 3 is 2.59 bits per heavy atom. The number of nitrogens with two attached hydrogens (primary N) is 1. The lowest BCUT2D eigenvalue weighted by Crippen LogP contribution is -2.49. The van der Waals surface area contributed by atoms with Crippen molar-refractivity contribution < 1.29 is 31.5 Å². The molecule has 1 aliphatic rings. The molecule has 0 radical (unpaired) electrons. The van der Waals surface area contributed by atoms with E-state index >= 15 is 0 Å². The summed E-state index contributed by atoms with van der Waals surface area (Å²) in [5, 5.41) is 4.15. The summed E-state index contributed by atoms with van der Waals surface area (Å²) in [5.41, 5.74) is 5.67. The third-order valence-electron chi connectivity index (χ3n) is 5.37. The van der Waals surface area contributed by atoms with E-state index in [1.807, 2.05) is 0 Å². The molecule has 4 rings (SSSR count). The van der Waals surface area contributed by atoms with E-state index < -0.39 is 48.6 Å². The second-order valence-electron chi connectivity index (χ2n) is 7.90. The first-order valence-corrected chi connectivity index (χ1v) is 9.97. The molecule has 0 aliphatic carbocycles. The van der Waals surface area contributed by atoms with Crippen LogP contribution in [-0.4, -0.2) is 74.2 Å². The van der Waals surface area contributed by atoms with Gasteiger partial charge in [0.05, 0.1) is 16.6 Å². The highest BCUT2D eigenvalue weighted by Crippen LogP contribution is 2.34. The molecule has 9 nitrogen and oxygen atoms in total. The number of fused-ring (bicyclic) bond motifs is 1. The van der Waals surface area contributed by atoms with Gasteiger partial charge in [0.2, 0.25) is 11.9 Å². The maximum Gasteiger partial charge on any atom is 0.406 e. The maximum atomic E-state index is 14.7.